The maximum Gasteiger partial charge on any atom is 0.306 e. The van der Waals surface area contributed by atoms with Gasteiger partial charge in [-0.25, -0.2) is 0 Å². The maximum atomic E-state index is 12.4. The smallest absolute Gasteiger partial charge is 0.306 e. The van der Waals surface area contributed by atoms with Crippen LogP contribution in [0.5, 0.6) is 5.75 Å². The molecule has 1 heterocycles. The van der Waals surface area contributed by atoms with E-state index in [0.717, 1.165) is 11.3 Å². The number of likely N-dealkylation sites (tertiary alicyclic amines) is 1. The van der Waals surface area contributed by atoms with Gasteiger partial charge < -0.3 is 14.7 Å². The van der Waals surface area contributed by atoms with Crippen LogP contribution in [-0.2, 0) is 16.0 Å². The van der Waals surface area contributed by atoms with Gasteiger partial charge in [-0.05, 0) is 36.0 Å². The molecule has 1 aliphatic heterocycles. The first kappa shape index (κ1) is 18.3. The van der Waals surface area contributed by atoms with E-state index in [2.05, 4.69) is 13.8 Å². The third-order valence-corrected chi connectivity index (χ3v) is 4.44. The van der Waals surface area contributed by atoms with E-state index < -0.39 is 5.97 Å². The summed E-state index contributed by atoms with van der Waals surface area (Å²) in [5, 5.41) is 9.16. The molecule has 132 valence electrons. The first-order valence-corrected chi connectivity index (χ1v) is 8.59. The third-order valence-electron chi connectivity index (χ3n) is 4.44. The number of rotatable bonds is 6. The van der Waals surface area contributed by atoms with E-state index >= 15 is 0 Å². The van der Waals surface area contributed by atoms with Gasteiger partial charge in [0.05, 0.1) is 18.9 Å². The quantitative estimate of drug-likeness (QED) is 0.869. The molecule has 5 heteroatoms. The predicted octanol–water partition coefficient (Wildman–Crippen LogP) is 2.83. The molecular weight excluding hydrogens is 306 g/mol. The van der Waals surface area contributed by atoms with Gasteiger partial charge in [0.2, 0.25) is 5.91 Å². The fourth-order valence-electron chi connectivity index (χ4n) is 2.99. The highest BCUT2D eigenvalue weighted by Crippen LogP contribution is 2.24. The average molecular weight is 333 g/mol. The SMILES string of the molecule is CC(C)COc1ccc(CC(=O)N2CCC(C(=O)O)C(C)C2)cc1. The van der Waals surface area contributed by atoms with Gasteiger partial charge >= 0.3 is 5.97 Å². The second-order valence-corrected chi connectivity index (χ2v) is 7.08. The molecule has 2 unspecified atom stereocenters. The fraction of sp³-hybridized carbons (Fsp3) is 0.579. The zero-order valence-electron chi connectivity index (χ0n) is 14.7. The van der Waals surface area contributed by atoms with Crippen molar-refractivity contribution < 1.29 is 19.4 Å². The highest BCUT2D eigenvalue weighted by Gasteiger charge is 2.32. The monoisotopic (exact) mass is 333 g/mol. The van der Waals surface area contributed by atoms with Crippen LogP contribution in [0.2, 0.25) is 0 Å². The van der Waals surface area contributed by atoms with Gasteiger partial charge in [-0.15, -0.1) is 0 Å². The van der Waals surface area contributed by atoms with Gasteiger partial charge in [0.15, 0.2) is 0 Å². The van der Waals surface area contributed by atoms with Crippen molar-refractivity contribution in [2.45, 2.75) is 33.6 Å². The molecule has 1 aliphatic rings. The second-order valence-electron chi connectivity index (χ2n) is 7.08. The molecule has 0 radical (unpaired) electrons. The number of carbonyl (C=O) groups excluding carboxylic acids is 1. The number of nitrogens with zero attached hydrogens (tertiary/aromatic N) is 1. The predicted molar refractivity (Wildman–Crippen MR) is 92.0 cm³/mol. The summed E-state index contributed by atoms with van der Waals surface area (Å²) in [6.07, 6.45) is 0.874. The Morgan fingerprint density at radius 3 is 2.50 bits per heavy atom. The summed E-state index contributed by atoms with van der Waals surface area (Å²) in [5.74, 6) is 0.240. The van der Waals surface area contributed by atoms with Crippen molar-refractivity contribution in [3.8, 4) is 5.75 Å². The fourth-order valence-corrected chi connectivity index (χ4v) is 2.99. The van der Waals surface area contributed by atoms with Crippen molar-refractivity contribution in [1.29, 1.82) is 0 Å². The van der Waals surface area contributed by atoms with Crippen LogP contribution in [-0.4, -0.2) is 41.6 Å². The van der Waals surface area contributed by atoms with Crippen molar-refractivity contribution in [2.24, 2.45) is 17.8 Å². The Bertz CT molecular complexity index is 567. The van der Waals surface area contributed by atoms with Gasteiger partial charge in [-0.1, -0.05) is 32.9 Å². The van der Waals surface area contributed by atoms with Crippen molar-refractivity contribution in [3.63, 3.8) is 0 Å². The summed E-state index contributed by atoms with van der Waals surface area (Å²) in [6, 6.07) is 7.62. The van der Waals surface area contributed by atoms with Crippen LogP contribution in [0.15, 0.2) is 24.3 Å². The number of carboxylic acid groups (broad SMARTS) is 1. The number of aliphatic carboxylic acids is 1. The van der Waals surface area contributed by atoms with Crippen molar-refractivity contribution in [1.82, 2.24) is 4.90 Å². The van der Waals surface area contributed by atoms with Crippen LogP contribution >= 0.6 is 0 Å². The lowest BCUT2D eigenvalue weighted by atomic mass is 9.87. The summed E-state index contributed by atoms with van der Waals surface area (Å²) in [5.41, 5.74) is 0.949. The molecular formula is C19H27NO4. The molecule has 1 aromatic carbocycles. The van der Waals surface area contributed by atoms with Crippen LogP contribution < -0.4 is 4.74 Å². The lowest BCUT2D eigenvalue weighted by molar-refractivity contribution is -0.148. The highest BCUT2D eigenvalue weighted by atomic mass is 16.5. The van der Waals surface area contributed by atoms with E-state index in [9.17, 15) is 9.59 Å². The van der Waals surface area contributed by atoms with E-state index in [4.69, 9.17) is 9.84 Å². The molecule has 0 spiro atoms. The molecule has 0 aliphatic carbocycles. The minimum Gasteiger partial charge on any atom is -0.493 e. The van der Waals surface area contributed by atoms with E-state index in [1.165, 1.54) is 0 Å². The summed E-state index contributed by atoms with van der Waals surface area (Å²) in [7, 11) is 0. The number of hydrogen-bond acceptors (Lipinski definition) is 3. The molecule has 1 N–H and O–H groups in total. The van der Waals surface area contributed by atoms with Gasteiger partial charge in [-0.2, -0.15) is 0 Å². The minimum absolute atomic E-state index is 0.00740. The molecule has 1 fully saturated rings. The maximum absolute atomic E-state index is 12.4. The largest absolute Gasteiger partial charge is 0.493 e. The topological polar surface area (TPSA) is 66.8 Å². The summed E-state index contributed by atoms with van der Waals surface area (Å²) in [6.45, 7) is 7.82. The number of amides is 1. The zero-order valence-corrected chi connectivity index (χ0v) is 14.7. The molecule has 1 amide bonds. The number of piperidine rings is 1. The lowest BCUT2D eigenvalue weighted by Gasteiger charge is -2.35. The number of hydrogen-bond donors (Lipinski definition) is 1. The standard InChI is InChI=1S/C19H27NO4/c1-13(2)12-24-16-6-4-15(5-7-16)10-18(21)20-9-8-17(19(22)23)14(3)11-20/h4-7,13-14,17H,8-12H2,1-3H3,(H,22,23). The van der Waals surface area contributed by atoms with E-state index in [-0.39, 0.29) is 17.7 Å². The lowest BCUT2D eigenvalue weighted by Crippen LogP contribution is -2.45. The molecule has 5 nitrogen and oxygen atoms in total. The van der Waals surface area contributed by atoms with Crippen molar-refractivity contribution in [3.05, 3.63) is 29.8 Å². The third kappa shape index (κ3) is 4.98. The van der Waals surface area contributed by atoms with Crippen molar-refractivity contribution >= 4 is 11.9 Å². The van der Waals surface area contributed by atoms with Crippen LogP contribution in [0.1, 0.15) is 32.8 Å². The highest BCUT2D eigenvalue weighted by molar-refractivity contribution is 5.79. The average Bonchev–Trinajstić information content (AvgIpc) is 2.53. The van der Waals surface area contributed by atoms with Crippen LogP contribution in [0.25, 0.3) is 0 Å². The molecule has 1 saturated heterocycles. The summed E-state index contributed by atoms with van der Waals surface area (Å²) in [4.78, 5) is 25.4. The van der Waals surface area contributed by atoms with E-state index in [1.807, 2.05) is 31.2 Å². The molecule has 24 heavy (non-hydrogen) atoms. The van der Waals surface area contributed by atoms with Crippen LogP contribution in [0, 0.1) is 17.8 Å². The number of carboxylic acids is 1. The Hall–Kier alpha value is -2.04. The Morgan fingerprint density at radius 1 is 1.29 bits per heavy atom. The Morgan fingerprint density at radius 2 is 1.96 bits per heavy atom. The summed E-state index contributed by atoms with van der Waals surface area (Å²) < 4.78 is 5.64. The van der Waals surface area contributed by atoms with Gasteiger partial charge in [0.1, 0.15) is 5.75 Å². The molecule has 2 atom stereocenters. The molecule has 1 aromatic rings. The zero-order chi connectivity index (χ0) is 17.7. The summed E-state index contributed by atoms with van der Waals surface area (Å²) >= 11 is 0. The molecule has 2 rings (SSSR count). The van der Waals surface area contributed by atoms with Gasteiger partial charge in [0.25, 0.3) is 0 Å². The Labute approximate surface area is 143 Å². The van der Waals surface area contributed by atoms with Gasteiger partial charge in [0, 0.05) is 13.1 Å². The van der Waals surface area contributed by atoms with Gasteiger partial charge in [-0.3, -0.25) is 9.59 Å². The number of ether oxygens (including phenoxy) is 1. The van der Waals surface area contributed by atoms with E-state index in [0.29, 0.717) is 38.5 Å². The number of benzene rings is 1. The number of carbonyl (C=O) groups is 2. The van der Waals surface area contributed by atoms with E-state index in [1.54, 1.807) is 4.90 Å². The first-order chi connectivity index (χ1) is 11.4. The second kappa shape index (κ2) is 8.18. The van der Waals surface area contributed by atoms with Crippen LogP contribution in [0.4, 0.5) is 0 Å². The molecule has 0 saturated carbocycles. The van der Waals surface area contributed by atoms with Crippen molar-refractivity contribution in [2.75, 3.05) is 19.7 Å². The Kier molecular flexibility index (Phi) is 6.23. The van der Waals surface area contributed by atoms with Crippen LogP contribution in [0.3, 0.4) is 0 Å². The first-order valence-electron chi connectivity index (χ1n) is 8.59. The minimum atomic E-state index is -0.758. The molecule has 0 aromatic heterocycles. The molecule has 0 bridgehead atoms. The normalized spacial score (nSPS) is 20.9. The Balaban J connectivity index is 1.87.